The third-order valence-corrected chi connectivity index (χ3v) is 3.35. The second kappa shape index (κ2) is 6.88. The number of amides is 1. The summed E-state index contributed by atoms with van der Waals surface area (Å²) >= 11 is 0. The molecule has 4 heteroatoms. The van der Waals surface area contributed by atoms with Gasteiger partial charge in [0.1, 0.15) is 5.82 Å². The van der Waals surface area contributed by atoms with E-state index in [4.69, 9.17) is 0 Å². The highest BCUT2D eigenvalue weighted by Gasteiger charge is 2.07. The molecule has 1 amide bonds. The minimum atomic E-state index is -0.117. The maximum atomic E-state index is 12.2. The van der Waals surface area contributed by atoms with Crippen molar-refractivity contribution in [3.8, 4) is 0 Å². The number of aryl methyl sites for hydroxylation is 2. The van der Waals surface area contributed by atoms with Gasteiger partial charge >= 0.3 is 0 Å². The van der Waals surface area contributed by atoms with E-state index in [0.717, 1.165) is 24.3 Å². The first-order valence-electron chi connectivity index (χ1n) is 7.18. The topological polar surface area (TPSA) is 54.0 Å². The first kappa shape index (κ1) is 15.0. The average molecular weight is 283 g/mol. The van der Waals surface area contributed by atoms with Gasteiger partial charge in [-0.2, -0.15) is 0 Å². The summed E-state index contributed by atoms with van der Waals surface area (Å²) in [5.41, 5.74) is 3.64. The Morgan fingerprint density at radius 1 is 1.14 bits per heavy atom. The van der Waals surface area contributed by atoms with Gasteiger partial charge < -0.3 is 10.6 Å². The summed E-state index contributed by atoms with van der Waals surface area (Å²) < 4.78 is 0. The third kappa shape index (κ3) is 4.05. The smallest absolute Gasteiger partial charge is 0.255 e. The molecule has 0 unspecified atom stereocenters. The molecule has 2 rings (SSSR count). The van der Waals surface area contributed by atoms with Gasteiger partial charge in [-0.1, -0.05) is 13.0 Å². The van der Waals surface area contributed by atoms with Gasteiger partial charge in [0.25, 0.3) is 5.91 Å². The molecule has 2 aromatic rings. The van der Waals surface area contributed by atoms with Gasteiger partial charge in [-0.3, -0.25) is 4.79 Å². The van der Waals surface area contributed by atoms with E-state index >= 15 is 0 Å². The van der Waals surface area contributed by atoms with E-state index in [2.05, 4.69) is 22.5 Å². The summed E-state index contributed by atoms with van der Waals surface area (Å²) in [6.07, 6.45) is 2.71. The molecule has 0 atom stereocenters. The van der Waals surface area contributed by atoms with Crippen molar-refractivity contribution >= 4 is 17.4 Å². The van der Waals surface area contributed by atoms with Crippen molar-refractivity contribution in [2.75, 3.05) is 17.2 Å². The number of nitrogens with one attached hydrogen (secondary N) is 2. The van der Waals surface area contributed by atoms with Crippen LogP contribution in [-0.2, 0) is 0 Å². The zero-order valence-corrected chi connectivity index (χ0v) is 12.7. The number of nitrogens with zero attached hydrogens (tertiary/aromatic N) is 1. The van der Waals surface area contributed by atoms with Crippen LogP contribution in [0.15, 0.2) is 36.5 Å². The van der Waals surface area contributed by atoms with Crippen molar-refractivity contribution in [1.82, 2.24) is 4.98 Å². The van der Waals surface area contributed by atoms with Crippen LogP contribution in [0.5, 0.6) is 0 Å². The Bertz CT molecular complexity index is 620. The maximum Gasteiger partial charge on any atom is 0.255 e. The summed E-state index contributed by atoms with van der Waals surface area (Å²) in [5.74, 6) is 0.704. The lowest BCUT2D eigenvalue weighted by atomic mass is 10.1. The van der Waals surface area contributed by atoms with E-state index in [1.165, 1.54) is 5.56 Å². The quantitative estimate of drug-likeness (QED) is 0.878. The van der Waals surface area contributed by atoms with Crippen molar-refractivity contribution in [1.29, 1.82) is 0 Å². The van der Waals surface area contributed by atoms with Crippen LogP contribution in [0, 0.1) is 13.8 Å². The van der Waals surface area contributed by atoms with E-state index in [9.17, 15) is 4.79 Å². The van der Waals surface area contributed by atoms with Crippen LogP contribution in [0.2, 0.25) is 0 Å². The molecule has 0 spiro atoms. The Labute approximate surface area is 125 Å². The number of anilines is 2. The monoisotopic (exact) mass is 283 g/mol. The number of carbonyl (C=O) groups excluding carboxylic acids is 1. The predicted molar refractivity (Wildman–Crippen MR) is 86.9 cm³/mol. The van der Waals surface area contributed by atoms with Gasteiger partial charge in [-0.25, -0.2) is 4.98 Å². The van der Waals surface area contributed by atoms with E-state index in [1.807, 2.05) is 44.2 Å². The molecule has 21 heavy (non-hydrogen) atoms. The fourth-order valence-corrected chi connectivity index (χ4v) is 1.91. The second-order valence-corrected chi connectivity index (χ2v) is 5.11. The van der Waals surface area contributed by atoms with E-state index in [-0.39, 0.29) is 5.91 Å². The molecule has 0 radical (unpaired) electrons. The van der Waals surface area contributed by atoms with Crippen LogP contribution in [-0.4, -0.2) is 17.4 Å². The Morgan fingerprint density at radius 2 is 1.95 bits per heavy atom. The number of benzene rings is 1. The Balaban J connectivity index is 2.03. The molecule has 0 aliphatic heterocycles. The highest BCUT2D eigenvalue weighted by molar-refractivity contribution is 6.04. The number of carbonyl (C=O) groups is 1. The van der Waals surface area contributed by atoms with Crippen molar-refractivity contribution in [3.05, 3.63) is 53.2 Å². The van der Waals surface area contributed by atoms with Gasteiger partial charge in [-0.05, 0) is 55.7 Å². The molecule has 1 aromatic heterocycles. The van der Waals surface area contributed by atoms with Gasteiger partial charge in [0.05, 0.1) is 11.9 Å². The van der Waals surface area contributed by atoms with Gasteiger partial charge in [0.2, 0.25) is 0 Å². The Kier molecular flexibility index (Phi) is 4.93. The van der Waals surface area contributed by atoms with Crippen molar-refractivity contribution < 1.29 is 4.79 Å². The molecule has 0 bridgehead atoms. The molecule has 0 saturated heterocycles. The predicted octanol–water partition coefficient (Wildman–Crippen LogP) is 3.77. The van der Waals surface area contributed by atoms with Crippen LogP contribution in [0.25, 0.3) is 0 Å². The van der Waals surface area contributed by atoms with Crippen molar-refractivity contribution in [2.24, 2.45) is 0 Å². The highest BCUT2D eigenvalue weighted by atomic mass is 16.1. The molecule has 0 fully saturated rings. The molecule has 2 N–H and O–H groups in total. The zero-order chi connectivity index (χ0) is 15.2. The van der Waals surface area contributed by atoms with Crippen LogP contribution in [0.3, 0.4) is 0 Å². The summed E-state index contributed by atoms with van der Waals surface area (Å²) in [7, 11) is 0. The van der Waals surface area contributed by atoms with E-state index in [0.29, 0.717) is 11.3 Å². The van der Waals surface area contributed by atoms with Crippen molar-refractivity contribution in [2.45, 2.75) is 27.2 Å². The molecular formula is C17H21N3O. The minimum Gasteiger partial charge on any atom is -0.370 e. The molecule has 0 aliphatic carbocycles. The summed E-state index contributed by atoms with van der Waals surface area (Å²) in [4.78, 5) is 16.4. The van der Waals surface area contributed by atoms with Crippen molar-refractivity contribution in [3.63, 3.8) is 0 Å². The number of aromatic nitrogens is 1. The largest absolute Gasteiger partial charge is 0.370 e. The van der Waals surface area contributed by atoms with Crippen LogP contribution in [0.1, 0.15) is 34.8 Å². The molecule has 1 heterocycles. The van der Waals surface area contributed by atoms with E-state index < -0.39 is 0 Å². The molecular weight excluding hydrogens is 262 g/mol. The van der Waals surface area contributed by atoms with E-state index in [1.54, 1.807) is 6.20 Å². The lowest BCUT2D eigenvalue weighted by Crippen LogP contribution is -2.12. The van der Waals surface area contributed by atoms with Crippen LogP contribution >= 0.6 is 0 Å². The van der Waals surface area contributed by atoms with Crippen LogP contribution in [0.4, 0.5) is 11.5 Å². The standard InChI is InChI=1S/C17H21N3O/c1-4-9-18-16-8-7-15(11-19-16)20-17(21)14-6-5-12(2)13(3)10-14/h5-8,10-11H,4,9H2,1-3H3,(H,18,19)(H,20,21). The van der Waals surface area contributed by atoms with Gasteiger partial charge in [0.15, 0.2) is 0 Å². The van der Waals surface area contributed by atoms with Gasteiger partial charge in [0, 0.05) is 12.1 Å². The number of hydrogen-bond acceptors (Lipinski definition) is 3. The fourth-order valence-electron chi connectivity index (χ4n) is 1.91. The summed E-state index contributed by atoms with van der Waals surface area (Å²) in [6.45, 7) is 7.03. The summed E-state index contributed by atoms with van der Waals surface area (Å²) in [6, 6.07) is 9.41. The first-order chi connectivity index (χ1) is 10.1. The zero-order valence-electron chi connectivity index (χ0n) is 12.7. The number of rotatable bonds is 5. The minimum absolute atomic E-state index is 0.117. The molecule has 1 aromatic carbocycles. The number of hydrogen-bond donors (Lipinski definition) is 2. The highest BCUT2D eigenvalue weighted by Crippen LogP contribution is 2.14. The lowest BCUT2D eigenvalue weighted by molar-refractivity contribution is 0.102. The number of pyridine rings is 1. The SMILES string of the molecule is CCCNc1ccc(NC(=O)c2ccc(C)c(C)c2)cn1. The normalized spacial score (nSPS) is 10.2. The first-order valence-corrected chi connectivity index (χ1v) is 7.18. The average Bonchev–Trinajstić information content (AvgIpc) is 2.49. The second-order valence-electron chi connectivity index (χ2n) is 5.11. The Morgan fingerprint density at radius 3 is 2.57 bits per heavy atom. The maximum absolute atomic E-state index is 12.2. The molecule has 0 saturated carbocycles. The fraction of sp³-hybridized carbons (Fsp3) is 0.294. The molecule has 0 aliphatic rings. The lowest BCUT2D eigenvalue weighted by Gasteiger charge is -2.08. The molecule has 4 nitrogen and oxygen atoms in total. The molecule has 110 valence electrons. The Hall–Kier alpha value is -2.36. The van der Waals surface area contributed by atoms with Gasteiger partial charge in [-0.15, -0.1) is 0 Å². The van der Waals surface area contributed by atoms with Crippen LogP contribution < -0.4 is 10.6 Å². The third-order valence-electron chi connectivity index (χ3n) is 3.35. The summed E-state index contributed by atoms with van der Waals surface area (Å²) in [5, 5.41) is 6.06.